The number of anilines is 1. The van der Waals surface area contributed by atoms with Gasteiger partial charge in [0.05, 0.1) is 6.54 Å². The van der Waals surface area contributed by atoms with Crippen LogP contribution < -0.4 is 5.32 Å². The van der Waals surface area contributed by atoms with Gasteiger partial charge in [-0.15, -0.1) is 5.10 Å². The summed E-state index contributed by atoms with van der Waals surface area (Å²) in [6.07, 6.45) is 5.05. The third-order valence-corrected chi connectivity index (χ3v) is 4.66. The molecule has 1 aliphatic rings. The summed E-state index contributed by atoms with van der Waals surface area (Å²) >= 11 is 1.38. The zero-order valence-electron chi connectivity index (χ0n) is 12.4. The Labute approximate surface area is 124 Å². The lowest BCUT2D eigenvalue weighted by Crippen LogP contribution is -2.30. The fourth-order valence-corrected chi connectivity index (χ4v) is 3.13. The number of nitrogens with one attached hydrogen (secondary N) is 1. The van der Waals surface area contributed by atoms with Crippen LogP contribution in [0.4, 0.5) is 5.00 Å². The zero-order chi connectivity index (χ0) is 14.4. The number of carbonyl (C=O) groups excluding carboxylic acids is 1. The molecule has 1 unspecified atom stereocenters. The molecule has 1 fully saturated rings. The fourth-order valence-electron chi connectivity index (χ4n) is 2.53. The molecule has 1 N–H and O–H groups in total. The van der Waals surface area contributed by atoms with Gasteiger partial charge in [-0.25, -0.2) is 0 Å². The van der Waals surface area contributed by atoms with E-state index in [-0.39, 0.29) is 5.91 Å². The van der Waals surface area contributed by atoms with E-state index in [1.807, 2.05) is 4.90 Å². The van der Waals surface area contributed by atoms with Crippen molar-refractivity contribution in [2.24, 2.45) is 5.92 Å². The minimum Gasteiger partial charge on any atom is -0.374 e. The molecule has 0 radical (unpaired) electrons. The molecule has 0 spiro atoms. The molecular weight excluding hydrogens is 272 g/mol. The molecule has 112 valence electrons. The molecule has 0 aliphatic carbocycles. The van der Waals surface area contributed by atoms with Crippen LogP contribution in [-0.2, 0) is 11.3 Å². The number of nitrogens with zero attached hydrogens (tertiary/aromatic N) is 3. The zero-order valence-corrected chi connectivity index (χ0v) is 13.2. The first-order valence-corrected chi connectivity index (χ1v) is 8.34. The van der Waals surface area contributed by atoms with Crippen LogP contribution in [0.25, 0.3) is 0 Å². The third-order valence-electron chi connectivity index (χ3n) is 3.94. The predicted molar refractivity (Wildman–Crippen MR) is 81.7 cm³/mol. The summed E-state index contributed by atoms with van der Waals surface area (Å²) in [5.41, 5.74) is 0.909. The molecule has 0 saturated carbocycles. The second-order valence-corrected chi connectivity index (χ2v) is 6.15. The summed E-state index contributed by atoms with van der Waals surface area (Å²) in [6, 6.07) is 0. The van der Waals surface area contributed by atoms with Crippen LogP contribution >= 0.6 is 11.5 Å². The molecule has 2 rings (SSSR count). The Morgan fingerprint density at radius 1 is 1.40 bits per heavy atom. The maximum absolute atomic E-state index is 12.2. The monoisotopic (exact) mass is 296 g/mol. The Morgan fingerprint density at radius 3 is 3.00 bits per heavy atom. The van der Waals surface area contributed by atoms with Crippen LogP contribution in [0, 0.1) is 5.92 Å². The molecule has 1 atom stereocenters. The normalized spacial score (nSPS) is 20.0. The van der Waals surface area contributed by atoms with E-state index in [1.165, 1.54) is 18.0 Å². The molecule has 1 amide bonds. The number of rotatable bonds is 6. The molecule has 20 heavy (non-hydrogen) atoms. The van der Waals surface area contributed by atoms with Crippen molar-refractivity contribution in [2.75, 3.05) is 18.4 Å². The lowest BCUT2D eigenvalue weighted by atomic mass is 9.98. The molecule has 5 nitrogen and oxygen atoms in total. The topological polar surface area (TPSA) is 58.1 Å². The van der Waals surface area contributed by atoms with Crippen molar-refractivity contribution in [3.8, 4) is 0 Å². The molecule has 2 heterocycles. The second kappa shape index (κ2) is 7.57. The van der Waals surface area contributed by atoms with Gasteiger partial charge in [-0.3, -0.25) is 4.79 Å². The van der Waals surface area contributed by atoms with E-state index in [9.17, 15) is 4.79 Å². The number of amides is 1. The smallest absolute Gasteiger partial charge is 0.222 e. The van der Waals surface area contributed by atoms with Gasteiger partial charge in [0, 0.05) is 31.0 Å². The Bertz CT molecular complexity index is 435. The van der Waals surface area contributed by atoms with Gasteiger partial charge in [0.25, 0.3) is 0 Å². The van der Waals surface area contributed by atoms with Gasteiger partial charge < -0.3 is 10.2 Å². The lowest BCUT2D eigenvalue weighted by molar-refractivity contribution is -0.131. The van der Waals surface area contributed by atoms with Crippen molar-refractivity contribution in [2.45, 2.75) is 52.5 Å². The summed E-state index contributed by atoms with van der Waals surface area (Å²) in [5, 5.41) is 8.53. The minimum atomic E-state index is 0.260. The van der Waals surface area contributed by atoms with Crippen LogP contribution in [0.5, 0.6) is 0 Å². The van der Waals surface area contributed by atoms with E-state index in [1.54, 1.807) is 0 Å². The van der Waals surface area contributed by atoms with E-state index < -0.39 is 0 Å². The van der Waals surface area contributed by atoms with Crippen LogP contribution in [-0.4, -0.2) is 33.5 Å². The van der Waals surface area contributed by atoms with E-state index in [2.05, 4.69) is 28.8 Å². The fraction of sp³-hybridized carbons (Fsp3) is 0.786. The Morgan fingerprint density at radius 2 is 2.25 bits per heavy atom. The summed E-state index contributed by atoms with van der Waals surface area (Å²) in [7, 11) is 0. The molecule has 1 aromatic rings. The third kappa shape index (κ3) is 3.91. The van der Waals surface area contributed by atoms with Crippen molar-refractivity contribution in [3.63, 3.8) is 0 Å². The number of carbonyl (C=O) groups is 1. The highest BCUT2D eigenvalue weighted by atomic mass is 32.1. The number of hydrogen-bond acceptors (Lipinski definition) is 5. The van der Waals surface area contributed by atoms with E-state index in [4.69, 9.17) is 0 Å². The molecule has 0 aromatic carbocycles. The maximum atomic E-state index is 12.2. The van der Waals surface area contributed by atoms with Crippen molar-refractivity contribution < 1.29 is 4.79 Å². The highest BCUT2D eigenvalue weighted by molar-refractivity contribution is 7.10. The first-order chi connectivity index (χ1) is 9.74. The summed E-state index contributed by atoms with van der Waals surface area (Å²) in [6.45, 7) is 6.70. The van der Waals surface area contributed by atoms with Crippen molar-refractivity contribution in [1.82, 2.24) is 14.5 Å². The van der Waals surface area contributed by atoms with E-state index in [0.717, 1.165) is 43.0 Å². The number of hydrogen-bond donors (Lipinski definition) is 1. The molecule has 1 saturated heterocycles. The molecule has 6 heteroatoms. The van der Waals surface area contributed by atoms with Crippen LogP contribution in [0.2, 0.25) is 0 Å². The Kier molecular flexibility index (Phi) is 5.76. The lowest BCUT2D eigenvalue weighted by Gasteiger charge is -2.20. The summed E-state index contributed by atoms with van der Waals surface area (Å²) in [5.74, 6) is 0.950. The van der Waals surface area contributed by atoms with Gasteiger partial charge >= 0.3 is 0 Å². The predicted octanol–water partition coefficient (Wildman–Crippen LogP) is 2.90. The molecule has 1 aliphatic heterocycles. The minimum absolute atomic E-state index is 0.260. The molecule has 1 aromatic heterocycles. The van der Waals surface area contributed by atoms with Crippen molar-refractivity contribution >= 4 is 22.4 Å². The van der Waals surface area contributed by atoms with Crippen molar-refractivity contribution in [3.05, 3.63) is 5.69 Å². The van der Waals surface area contributed by atoms with Crippen molar-refractivity contribution in [1.29, 1.82) is 0 Å². The van der Waals surface area contributed by atoms with Gasteiger partial charge in [-0.05, 0) is 25.2 Å². The highest BCUT2D eigenvalue weighted by Crippen LogP contribution is 2.24. The van der Waals surface area contributed by atoms with Gasteiger partial charge in [-0.1, -0.05) is 24.8 Å². The largest absolute Gasteiger partial charge is 0.374 e. The van der Waals surface area contributed by atoms with Gasteiger partial charge in [-0.2, -0.15) is 0 Å². The van der Waals surface area contributed by atoms with E-state index in [0.29, 0.717) is 18.9 Å². The number of likely N-dealkylation sites (tertiary alicyclic amines) is 1. The summed E-state index contributed by atoms with van der Waals surface area (Å²) < 4.78 is 4.01. The first-order valence-electron chi connectivity index (χ1n) is 7.57. The Balaban J connectivity index is 1.98. The molecule has 0 bridgehead atoms. The Hall–Kier alpha value is -1.17. The average Bonchev–Trinajstić information content (AvgIpc) is 2.82. The standard InChI is InChI=1S/C14H24N4OS/c1-3-8-15-14-12(16-17-20-14)10-18-9-7-11(4-2)5-6-13(18)19/h11,15H,3-10H2,1-2H3. The van der Waals surface area contributed by atoms with Gasteiger partial charge in [0.1, 0.15) is 10.7 Å². The van der Waals surface area contributed by atoms with Crippen LogP contribution in [0.3, 0.4) is 0 Å². The van der Waals surface area contributed by atoms with Crippen LogP contribution in [0.1, 0.15) is 51.6 Å². The number of aromatic nitrogens is 2. The van der Waals surface area contributed by atoms with Crippen LogP contribution in [0.15, 0.2) is 0 Å². The highest BCUT2D eigenvalue weighted by Gasteiger charge is 2.23. The molecular formula is C14H24N4OS. The van der Waals surface area contributed by atoms with E-state index >= 15 is 0 Å². The average molecular weight is 296 g/mol. The maximum Gasteiger partial charge on any atom is 0.222 e. The second-order valence-electron chi connectivity index (χ2n) is 5.39. The first kappa shape index (κ1) is 15.2. The summed E-state index contributed by atoms with van der Waals surface area (Å²) in [4.78, 5) is 14.1. The quantitative estimate of drug-likeness (QED) is 0.877. The SMILES string of the molecule is CCCNc1snnc1CN1CCC(CC)CCC1=O. The van der Waals surface area contributed by atoms with Gasteiger partial charge in [0.2, 0.25) is 5.91 Å². The van der Waals surface area contributed by atoms with Gasteiger partial charge in [0.15, 0.2) is 0 Å².